The van der Waals surface area contributed by atoms with Crippen LogP contribution in [0.4, 0.5) is 0 Å². The van der Waals surface area contributed by atoms with E-state index in [1.54, 1.807) is 19.1 Å². The maximum atomic E-state index is 12.5. The summed E-state index contributed by atoms with van der Waals surface area (Å²) in [6, 6.07) is 7.16. The second-order valence-corrected chi connectivity index (χ2v) is 6.31. The number of piperidine rings is 1. The molecule has 0 aliphatic carbocycles. The highest BCUT2D eigenvalue weighted by Crippen LogP contribution is 2.22. The number of rotatable bonds is 6. The number of likely N-dealkylation sites (tertiary alicyclic amines) is 1. The number of benzene rings is 1. The van der Waals surface area contributed by atoms with Crippen molar-refractivity contribution in [3.8, 4) is 5.75 Å². The van der Waals surface area contributed by atoms with E-state index in [4.69, 9.17) is 16.3 Å². The average Bonchev–Trinajstić information content (AvgIpc) is 2.52. The Morgan fingerprint density at radius 2 is 2.18 bits per heavy atom. The van der Waals surface area contributed by atoms with Crippen molar-refractivity contribution in [1.82, 2.24) is 10.2 Å². The van der Waals surface area contributed by atoms with E-state index < -0.39 is 6.10 Å². The van der Waals surface area contributed by atoms with Crippen molar-refractivity contribution in [1.29, 1.82) is 0 Å². The number of ether oxygens (including phenoxy) is 1. The molecule has 0 aromatic heterocycles. The summed E-state index contributed by atoms with van der Waals surface area (Å²) < 4.78 is 5.72. The van der Waals surface area contributed by atoms with Crippen LogP contribution in [0.3, 0.4) is 0 Å². The summed E-state index contributed by atoms with van der Waals surface area (Å²) in [5, 5.41) is 3.80. The fourth-order valence-corrected chi connectivity index (χ4v) is 3.02. The lowest BCUT2D eigenvalue weighted by Crippen LogP contribution is -2.45. The summed E-state index contributed by atoms with van der Waals surface area (Å²) in [5.74, 6) is 1.42. The average molecular weight is 325 g/mol. The van der Waals surface area contributed by atoms with E-state index in [2.05, 4.69) is 5.32 Å². The first-order chi connectivity index (χ1) is 10.6. The number of carbonyl (C=O) groups is 1. The molecule has 22 heavy (non-hydrogen) atoms. The number of nitrogens with one attached hydrogen (secondary N) is 1. The van der Waals surface area contributed by atoms with Crippen molar-refractivity contribution in [2.75, 3.05) is 26.7 Å². The van der Waals surface area contributed by atoms with Gasteiger partial charge in [0.1, 0.15) is 5.75 Å². The SMILES string of the molecule is CNCCC1CCN(C(=O)C(C)Oc2cccc(Cl)c2)CC1. The van der Waals surface area contributed by atoms with Crippen molar-refractivity contribution >= 4 is 17.5 Å². The molecule has 0 spiro atoms. The molecule has 1 fully saturated rings. The maximum absolute atomic E-state index is 12.5. The first kappa shape index (κ1) is 17.1. The number of carbonyl (C=O) groups excluding carboxylic acids is 1. The largest absolute Gasteiger partial charge is 0.481 e. The molecular weight excluding hydrogens is 300 g/mol. The lowest BCUT2D eigenvalue weighted by atomic mass is 9.93. The molecule has 122 valence electrons. The zero-order valence-corrected chi connectivity index (χ0v) is 14.1. The molecule has 0 saturated carbocycles. The molecule has 1 unspecified atom stereocenters. The minimum absolute atomic E-state index is 0.0621. The van der Waals surface area contributed by atoms with Crippen LogP contribution < -0.4 is 10.1 Å². The van der Waals surface area contributed by atoms with Crippen molar-refractivity contribution in [3.05, 3.63) is 29.3 Å². The van der Waals surface area contributed by atoms with E-state index in [9.17, 15) is 4.79 Å². The first-order valence-electron chi connectivity index (χ1n) is 7.95. The lowest BCUT2D eigenvalue weighted by Gasteiger charge is -2.33. The Hall–Kier alpha value is -1.26. The van der Waals surface area contributed by atoms with E-state index >= 15 is 0 Å². The third-order valence-corrected chi connectivity index (χ3v) is 4.42. The van der Waals surface area contributed by atoms with Gasteiger partial charge in [-0.2, -0.15) is 0 Å². The van der Waals surface area contributed by atoms with Gasteiger partial charge in [0.25, 0.3) is 5.91 Å². The van der Waals surface area contributed by atoms with E-state index in [1.807, 2.05) is 24.1 Å². The molecule has 1 amide bonds. The Morgan fingerprint density at radius 3 is 2.82 bits per heavy atom. The van der Waals surface area contributed by atoms with Gasteiger partial charge in [-0.15, -0.1) is 0 Å². The van der Waals surface area contributed by atoms with Crippen LogP contribution in [0.15, 0.2) is 24.3 Å². The van der Waals surface area contributed by atoms with Crippen LogP contribution in [0, 0.1) is 5.92 Å². The van der Waals surface area contributed by atoms with E-state index in [0.29, 0.717) is 10.8 Å². The van der Waals surface area contributed by atoms with Gasteiger partial charge in [0.15, 0.2) is 6.10 Å². The monoisotopic (exact) mass is 324 g/mol. The Kier molecular flexibility index (Phi) is 6.52. The van der Waals surface area contributed by atoms with Gasteiger partial charge >= 0.3 is 0 Å². The van der Waals surface area contributed by atoms with Crippen molar-refractivity contribution in [2.45, 2.75) is 32.3 Å². The Balaban J connectivity index is 1.81. The minimum Gasteiger partial charge on any atom is -0.481 e. The highest BCUT2D eigenvalue weighted by molar-refractivity contribution is 6.30. The van der Waals surface area contributed by atoms with E-state index in [1.165, 1.54) is 6.42 Å². The fraction of sp³-hybridized carbons (Fsp3) is 0.588. The van der Waals surface area contributed by atoms with Gasteiger partial charge in [0, 0.05) is 18.1 Å². The van der Waals surface area contributed by atoms with Crippen LogP contribution >= 0.6 is 11.6 Å². The summed E-state index contributed by atoms with van der Waals surface area (Å²) in [7, 11) is 1.98. The van der Waals surface area contributed by atoms with Gasteiger partial charge in [-0.1, -0.05) is 17.7 Å². The Bertz CT molecular complexity index is 487. The predicted octanol–water partition coefficient (Wildman–Crippen LogP) is 2.96. The second kappa shape index (κ2) is 8.39. The highest BCUT2D eigenvalue weighted by Gasteiger charge is 2.26. The quantitative estimate of drug-likeness (QED) is 0.874. The second-order valence-electron chi connectivity index (χ2n) is 5.88. The van der Waals surface area contributed by atoms with Crippen LogP contribution in [0.2, 0.25) is 5.02 Å². The standard InChI is InChI=1S/C17H25ClN2O2/c1-13(22-16-5-3-4-15(18)12-16)17(21)20-10-7-14(8-11-20)6-9-19-2/h3-5,12-14,19H,6-11H2,1-2H3. The molecular formula is C17H25ClN2O2. The topological polar surface area (TPSA) is 41.6 Å². The van der Waals surface area contributed by atoms with Crippen LogP contribution in [-0.4, -0.2) is 43.6 Å². The molecule has 4 nitrogen and oxygen atoms in total. The van der Waals surface area contributed by atoms with E-state index in [0.717, 1.165) is 38.4 Å². The summed E-state index contributed by atoms with van der Waals surface area (Å²) in [4.78, 5) is 14.4. The van der Waals surface area contributed by atoms with Gasteiger partial charge in [0.2, 0.25) is 0 Å². The summed E-state index contributed by atoms with van der Waals surface area (Å²) in [6.07, 6.45) is 2.87. The van der Waals surface area contributed by atoms with Gasteiger partial charge in [-0.05, 0) is 63.9 Å². The number of hydrogen-bond acceptors (Lipinski definition) is 3. The first-order valence-corrected chi connectivity index (χ1v) is 8.33. The fourth-order valence-electron chi connectivity index (χ4n) is 2.84. The normalized spacial score (nSPS) is 17.3. The smallest absolute Gasteiger partial charge is 0.263 e. The number of amides is 1. The van der Waals surface area contributed by atoms with Crippen molar-refractivity contribution in [2.24, 2.45) is 5.92 Å². The lowest BCUT2D eigenvalue weighted by molar-refractivity contribution is -0.139. The zero-order chi connectivity index (χ0) is 15.9. The Labute approximate surface area is 137 Å². The van der Waals surface area contributed by atoms with Crippen LogP contribution in [-0.2, 0) is 4.79 Å². The molecule has 1 heterocycles. The zero-order valence-electron chi connectivity index (χ0n) is 13.3. The van der Waals surface area contributed by atoms with Crippen molar-refractivity contribution < 1.29 is 9.53 Å². The predicted molar refractivity (Wildman–Crippen MR) is 89.4 cm³/mol. The highest BCUT2D eigenvalue weighted by atomic mass is 35.5. The van der Waals surface area contributed by atoms with Gasteiger partial charge in [-0.3, -0.25) is 4.79 Å². The van der Waals surface area contributed by atoms with Crippen LogP contribution in [0.5, 0.6) is 5.75 Å². The summed E-state index contributed by atoms with van der Waals surface area (Å²) >= 11 is 5.93. The summed E-state index contributed by atoms with van der Waals surface area (Å²) in [5.41, 5.74) is 0. The molecule has 1 N–H and O–H groups in total. The third kappa shape index (κ3) is 4.89. The van der Waals surface area contributed by atoms with Gasteiger partial charge in [-0.25, -0.2) is 0 Å². The number of halogens is 1. The molecule has 0 bridgehead atoms. The number of hydrogen-bond donors (Lipinski definition) is 1. The molecule has 1 aliphatic heterocycles. The van der Waals surface area contributed by atoms with Crippen LogP contribution in [0.1, 0.15) is 26.2 Å². The molecule has 2 rings (SSSR count). The molecule has 5 heteroatoms. The van der Waals surface area contributed by atoms with Gasteiger partial charge < -0.3 is 15.0 Å². The molecule has 1 aromatic rings. The minimum atomic E-state index is -0.479. The van der Waals surface area contributed by atoms with Crippen molar-refractivity contribution in [3.63, 3.8) is 0 Å². The molecule has 1 aromatic carbocycles. The third-order valence-electron chi connectivity index (χ3n) is 4.19. The van der Waals surface area contributed by atoms with Crippen LogP contribution in [0.25, 0.3) is 0 Å². The Morgan fingerprint density at radius 1 is 1.45 bits per heavy atom. The maximum Gasteiger partial charge on any atom is 0.263 e. The summed E-state index contributed by atoms with van der Waals surface area (Å²) in [6.45, 7) is 4.51. The number of nitrogens with zero attached hydrogens (tertiary/aromatic N) is 1. The molecule has 1 aliphatic rings. The van der Waals surface area contributed by atoms with E-state index in [-0.39, 0.29) is 5.91 Å². The van der Waals surface area contributed by atoms with Gasteiger partial charge in [0.05, 0.1) is 0 Å². The molecule has 0 radical (unpaired) electrons. The molecule has 1 saturated heterocycles. The molecule has 1 atom stereocenters.